The van der Waals surface area contributed by atoms with Crippen LogP contribution in [-0.4, -0.2) is 22.1 Å². The number of rotatable bonds is 4. The van der Waals surface area contributed by atoms with Crippen molar-refractivity contribution in [1.29, 1.82) is 0 Å². The summed E-state index contributed by atoms with van der Waals surface area (Å²) in [6.07, 6.45) is 1.75. The lowest BCUT2D eigenvalue weighted by atomic mass is 10.1. The van der Waals surface area contributed by atoms with E-state index in [1.807, 2.05) is 12.1 Å². The van der Waals surface area contributed by atoms with E-state index in [9.17, 15) is 14.4 Å². The molecule has 0 spiro atoms. The van der Waals surface area contributed by atoms with Crippen molar-refractivity contribution in [1.82, 2.24) is 9.88 Å². The van der Waals surface area contributed by atoms with Crippen molar-refractivity contribution in [3.8, 4) is 5.69 Å². The van der Waals surface area contributed by atoms with Gasteiger partial charge in [0.1, 0.15) is 5.82 Å². The molecule has 1 aliphatic heterocycles. The number of carbonyl (C=O) groups is 2. The van der Waals surface area contributed by atoms with Crippen LogP contribution in [0, 0.1) is 0 Å². The predicted molar refractivity (Wildman–Crippen MR) is 89.2 cm³/mol. The minimum atomic E-state index is -0.602. The van der Waals surface area contributed by atoms with E-state index in [1.165, 1.54) is 16.3 Å². The van der Waals surface area contributed by atoms with E-state index in [4.69, 9.17) is 5.73 Å². The molecule has 0 radical (unpaired) electrons. The maximum atomic E-state index is 12.4. The maximum Gasteiger partial charge on any atom is 0.262 e. The average Bonchev–Trinajstić information content (AvgIpc) is 2.80. The highest BCUT2D eigenvalue weighted by Gasteiger charge is 2.32. The molecule has 3 rings (SSSR count). The monoisotopic (exact) mass is 327 g/mol. The lowest BCUT2D eigenvalue weighted by molar-refractivity contribution is 0.0880. The lowest BCUT2D eigenvalue weighted by Crippen LogP contribution is -2.24. The van der Waals surface area contributed by atoms with Crippen LogP contribution in [0.3, 0.4) is 0 Å². The molecule has 7 heteroatoms. The Balaban J connectivity index is 2.25. The number of amides is 2. The van der Waals surface area contributed by atoms with Crippen LogP contribution in [0.2, 0.25) is 0 Å². The summed E-state index contributed by atoms with van der Waals surface area (Å²) >= 11 is 1.49. The zero-order chi connectivity index (χ0) is 16.6. The molecule has 1 aromatic carbocycles. The van der Waals surface area contributed by atoms with Gasteiger partial charge in [-0.05, 0) is 12.1 Å². The number of pyridine rings is 1. The molecular formula is C16H13N3O3S. The van der Waals surface area contributed by atoms with Crippen molar-refractivity contribution in [2.24, 2.45) is 0 Å². The van der Waals surface area contributed by atoms with Gasteiger partial charge in [0, 0.05) is 16.7 Å². The standard InChI is InChI=1S/C16H13N3O3S/c1-2-7-23-11-6-4-3-5-10(11)19-12(20)8-9-13(14(19)17)16(22)18-15(9)21/h2-6,8H,1,7,17H2,(H,18,21,22). The first kappa shape index (κ1) is 15.1. The van der Waals surface area contributed by atoms with E-state index < -0.39 is 17.4 Å². The van der Waals surface area contributed by atoms with Crippen LogP contribution in [0.5, 0.6) is 0 Å². The Morgan fingerprint density at radius 3 is 2.70 bits per heavy atom. The van der Waals surface area contributed by atoms with Gasteiger partial charge in [-0.15, -0.1) is 18.3 Å². The van der Waals surface area contributed by atoms with Crippen LogP contribution in [0.25, 0.3) is 5.69 Å². The van der Waals surface area contributed by atoms with Gasteiger partial charge in [-0.25, -0.2) is 0 Å². The molecule has 1 aliphatic rings. The molecule has 3 N–H and O–H groups in total. The first-order chi connectivity index (χ1) is 11.0. The Morgan fingerprint density at radius 1 is 1.22 bits per heavy atom. The fourth-order valence-electron chi connectivity index (χ4n) is 2.44. The molecule has 2 heterocycles. The Morgan fingerprint density at radius 2 is 1.96 bits per heavy atom. The number of anilines is 1. The van der Waals surface area contributed by atoms with Crippen LogP contribution < -0.4 is 16.6 Å². The molecule has 2 amide bonds. The number of aromatic nitrogens is 1. The summed E-state index contributed by atoms with van der Waals surface area (Å²) in [5, 5.41) is 2.15. The molecular weight excluding hydrogens is 314 g/mol. The minimum Gasteiger partial charge on any atom is -0.384 e. The molecule has 2 aromatic rings. The second-order valence-electron chi connectivity index (χ2n) is 4.84. The minimum absolute atomic E-state index is 0.0185. The van der Waals surface area contributed by atoms with E-state index in [0.29, 0.717) is 11.4 Å². The van der Waals surface area contributed by atoms with Crippen LogP contribution in [0.1, 0.15) is 20.7 Å². The number of nitrogens with two attached hydrogens (primary N) is 1. The zero-order valence-corrected chi connectivity index (χ0v) is 12.9. The van der Waals surface area contributed by atoms with Gasteiger partial charge in [-0.3, -0.25) is 24.3 Å². The number of nitrogen functional groups attached to an aromatic ring is 1. The number of imide groups is 1. The van der Waals surface area contributed by atoms with E-state index in [2.05, 4.69) is 11.9 Å². The summed E-state index contributed by atoms with van der Waals surface area (Å²) in [4.78, 5) is 36.9. The third-order valence-electron chi connectivity index (χ3n) is 3.42. The number of hydrogen-bond donors (Lipinski definition) is 2. The van der Waals surface area contributed by atoms with Crippen molar-refractivity contribution in [2.45, 2.75) is 4.90 Å². The van der Waals surface area contributed by atoms with Crippen LogP contribution in [0.4, 0.5) is 5.82 Å². The SMILES string of the molecule is C=CCSc1ccccc1-n1c(N)c2c(cc1=O)C(=O)NC2=O. The van der Waals surface area contributed by atoms with E-state index >= 15 is 0 Å². The molecule has 0 saturated heterocycles. The van der Waals surface area contributed by atoms with Gasteiger partial charge in [0.05, 0.1) is 16.8 Å². The summed E-state index contributed by atoms with van der Waals surface area (Å²) in [6.45, 7) is 3.67. The number of hydrogen-bond acceptors (Lipinski definition) is 5. The van der Waals surface area contributed by atoms with Crippen molar-refractivity contribution in [3.63, 3.8) is 0 Å². The number of carbonyl (C=O) groups excluding carboxylic acids is 2. The molecule has 116 valence electrons. The number of para-hydroxylation sites is 1. The van der Waals surface area contributed by atoms with Gasteiger partial charge in [0.15, 0.2) is 0 Å². The van der Waals surface area contributed by atoms with Gasteiger partial charge in [-0.2, -0.15) is 0 Å². The Hall–Kier alpha value is -2.80. The second kappa shape index (κ2) is 5.77. The second-order valence-corrected chi connectivity index (χ2v) is 5.90. The molecule has 23 heavy (non-hydrogen) atoms. The molecule has 0 aliphatic carbocycles. The molecule has 0 atom stereocenters. The third-order valence-corrected chi connectivity index (χ3v) is 4.47. The van der Waals surface area contributed by atoms with Crippen LogP contribution in [-0.2, 0) is 0 Å². The summed E-state index contributed by atoms with van der Waals surface area (Å²) in [5.41, 5.74) is 6.20. The van der Waals surface area contributed by atoms with Gasteiger partial charge in [0.25, 0.3) is 17.4 Å². The summed E-state index contributed by atoms with van der Waals surface area (Å²) in [6, 6.07) is 8.36. The number of thioether (sulfide) groups is 1. The van der Waals surface area contributed by atoms with Gasteiger partial charge >= 0.3 is 0 Å². The third kappa shape index (κ3) is 2.44. The quantitative estimate of drug-likeness (QED) is 0.505. The molecule has 6 nitrogen and oxygen atoms in total. The number of nitrogens with one attached hydrogen (secondary N) is 1. The first-order valence-electron chi connectivity index (χ1n) is 6.79. The number of fused-ring (bicyclic) bond motifs is 1. The fraction of sp³-hybridized carbons (Fsp3) is 0.0625. The normalized spacial score (nSPS) is 12.9. The van der Waals surface area contributed by atoms with E-state index in [0.717, 1.165) is 11.0 Å². The molecule has 1 aromatic heterocycles. The fourth-order valence-corrected chi connectivity index (χ4v) is 3.22. The van der Waals surface area contributed by atoms with Crippen LogP contribution >= 0.6 is 11.8 Å². The Bertz CT molecular complexity index is 902. The highest BCUT2D eigenvalue weighted by atomic mass is 32.2. The summed E-state index contributed by atoms with van der Waals surface area (Å²) in [5.74, 6) is -0.569. The molecule has 0 unspecified atom stereocenters. The molecule has 0 bridgehead atoms. The van der Waals surface area contributed by atoms with E-state index in [1.54, 1.807) is 18.2 Å². The number of nitrogens with zero attached hydrogens (tertiary/aromatic N) is 1. The smallest absolute Gasteiger partial charge is 0.262 e. The Kier molecular flexibility index (Phi) is 3.79. The summed E-state index contributed by atoms with van der Waals surface area (Å²) < 4.78 is 1.25. The molecule has 0 saturated carbocycles. The van der Waals surface area contributed by atoms with Crippen molar-refractivity contribution in [2.75, 3.05) is 11.5 Å². The van der Waals surface area contributed by atoms with Gasteiger partial charge in [0.2, 0.25) is 0 Å². The zero-order valence-electron chi connectivity index (χ0n) is 12.0. The molecule has 0 fully saturated rings. The first-order valence-corrected chi connectivity index (χ1v) is 7.77. The van der Waals surface area contributed by atoms with Gasteiger partial charge < -0.3 is 5.73 Å². The largest absolute Gasteiger partial charge is 0.384 e. The van der Waals surface area contributed by atoms with E-state index in [-0.39, 0.29) is 16.9 Å². The number of benzene rings is 1. The maximum absolute atomic E-state index is 12.4. The summed E-state index contributed by atoms with van der Waals surface area (Å²) in [7, 11) is 0. The van der Waals surface area contributed by atoms with Crippen LogP contribution in [0.15, 0.2) is 52.7 Å². The van der Waals surface area contributed by atoms with Crippen molar-refractivity contribution < 1.29 is 9.59 Å². The highest BCUT2D eigenvalue weighted by Crippen LogP contribution is 2.29. The topological polar surface area (TPSA) is 94.2 Å². The average molecular weight is 327 g/mol. The highest BCUT2D eigenvalue weighted by molar-refractivity contribution is 7.99. The van der Waals surface area contributed by atoms with Gasteiger partial charge in [-0.1, -0.05) is 18.2 Å². The predicted octanol–water partition coefficient (Wildman–Crippen LogP) is 1.58. The van der Waals surface area contributed by atoms with Crippen molar-refractivity contribution >= 4 is 29.4 Å². The lowest BCUT2D eigenvalue weighted by Gasteiger charge is -2.15. The Labute approximate surface area is 136 Å². The van der Waals surface area contributed by atoms with Crippen molar-refractivity contribution in [3.05, 3.63) is 64.5 Å².